The van der Waals surface area contributed by atoms with Gasteiger partial charge in [-0.1, -0.05) is 47.5 Å². The summed E-state index contributed by atoms with van der Waals surface area (Å²) in [5.41, 5.74) is 9.33. The molecule has 0 aromatic heterocycles. The number of benzene rings is 2. The second-order valence-electron chi connectivity index (χ2n) is 4.47. The molecule has 2 N–H and O–H groups in total. The number of halogens is 2. The molecule has 0 bridgehead atoms. The highest BCUT2D eigenvalue weighted by molar-refractivity contribution is 6.30. The van der Waals surface area contributed by atoms with E-state index in [1.165, 1.54) is 11.6 Å². The van der Waals surface area contributed by atoms with E-state index in [0.29, 0.717) is 6.42 Å². The molecular formula is C15H15ClFN. The summed E-state index contributed by atoms with van der Waals surface area (Å²) in [4.78, 5) is 0. The van der Waals surface area contributed by atoms with Gasteiger partial charge in [0.1, 0.15) is 5.82 Å². The molecule has 0 aliphatic carbocycles. The Morgan fingerprint density at radius 1 is 1.17 bits per heavy atom. The van der Waals surface area contributed by atoms with Gasteiger partial charge in [-0.3, -0.25) is 0 Å². The maximum Gasteiger partial charge on any atom is 0.141 e. The normalized spacial score (nSPS) is 12.4. The topological polar surface area (TPSA) is 26.0 Å². The Hall–Kier alpha value is -1.38. The van der Waals surface area contributed by atoms with Gasteiger partial charge in [-0.2, -0.15) is 0 Å². The molecule has 0 spiro atoms. The van der Waals surface area contributed by atoms with Crippen LogP contribution in [0.5, 0.6) is 0 Å². The quantitative estimate of drug-likeness (QED) is 0.889. The van der Waals surface area contributed by atoms with E-state index in [2.05, 4.69) is 24.3 Å². The molecule has 1 atom stereocenters. The number of hydrogen-bond acceptors (Lipinski definition) is 1. The lowest BCUT2D eigenvalue weighted by Crippen LogP contribution is -2.13. The van der Waals surface area contributed by atoms with Crippen LogP contribution in [-0.4, -0.2) is 0 Å². The molecule has 1 unspecified atom stereocenters. The largest absolute Gasteiger partial charge is 0.324 e. The molecule has 0 fully saturated rings. The van der Waals surface area contributed by atoms with E-state index in [9.17, 15) is 4.39 Å². The molecule has 18 heavy (non-hydrogen) atoms. The van der Waals surface area contributed by atoms with Crippen molar-refractivity contribution in [1.82, 2.24) is 0 Å². The molecule has 0 amide bonds. The Morgan fingerprint density at radius 3 is 2.44 bits per heavy atom. The minimum absolute atomic E-state index is 0.117. The van der Waals surface area contributed by atoms with Crippen LogP contribution in [0.15, 0.2) is 42.5 Å². The van der Waals surface area contributed by atoms with Gasteiger partial charge in [0.2, 0.25) is 0 Å². The Balaban J connectivity index is 2.13. The average molecular weight is 264 g/mol. The standard InChI is InChI=1S/C15H15ClFN/c1-10-2-4-11(5-3-10)8-15(18)12-6-7-14(17)13(16)9-12/h2-7,9,15H,8,18H2,1H3. The first-order valence-electron chi connectivity index (χ1n) is 5.82. The Bertz CT molecular complexity index is 537. The SMILES string of the molecule is Cc1ccc(CC(N)c2ccc(F)c(Cl)c2)cc1. The van der Waals surface area contributed by atoms with Crippen LogP contribution >= 0.6 is 11.6 Å². The zero-order chi connectivity index (χ0) is 13.1. The van der Waals surface area contributed by atoms with Crippen molar-refractivity contribution in [2.24, 2.45) is 5.73 Å². The molecule has 2 rings (SSSR count). The summed E-state index contributed by atoms with van der Waals surface area (Å²) in [6.45, 7) is 2.05. The van der Waals surface area contributed by atoms with E-state index in [4.69, 9.17) is 17.3 Å². The maximum absolute atomic E-state index is 13.1. The van der Waals surface area contributed by atoms with Crippen molar-refractivity contribution < 1.29 is 4.39 Å². The molecule has 94 valence electrons. The van der Waals surface area contributed by atoms with Crippen molar-refractivity contribution in [2.45, 2.75) is 19.4 Å². The fraction of sp³-hybridized carbons (Fsp3) is 0.200. The lowest BCUT2D eigenvalue weighted by Gasteiger charge is -2.13. The second-order valence-corrected chi connectivity index (χ2v) is 4.88. The van der Waals surface area contributed by atoms with Gasteiger partial charge in [-0.25, -0.2) is 4.39 Å². The third-order valence-corrected chi connectivity index (χ3v) is 3.24. The van der Waals surface area contributed by atoms with Crippen LogP contribution in [0.3, 0.4) is 0 Å². The van der Waals surface area contributed by atoms with Gasteiger partial charge in [-0.15, -0.1) is 0 Å². The predicted molar refractivity (Wildman–Crippen MR) is 73.2 cm³/mol. The van der Waals surface area contributed by atoms with Crippen molar-refractivity contribution in [2.75, 3.05) is 0 Å². The average Bonchev–Trinajstić information content (AvgIpc) is 2.35. The van der Waals surface area contributed by atoms with Crippen LogP contribution in [0.1, 0.15) is 22.7 Å². The molecule has 0 saturated carbocycles. The highest BCUT2D eigenvalue weighted by Crippen LogP contribution is 2.22. The monoisotopic (exact) mass is 263 g/mol. The number of rotatable bonds is 3. The Kier molecular flexibility index (Phi) is 4.00. The summed E-state index contributed by atoms with van der Waals surface area (Å²) in [6, 6.07) is 12.7. The molecule has 1 nitrogen and oxygen atoms in total. The summed E-state index contributed by atoms with van der Waals surface area (Å²) in [6.07, 6.45) is 0.711. The lowest BCUT2D eigenvalue weighted by molar-refractivity contribution is 0.625. The van der Waals surface area contributed by atoms with Gasteiger partial charge < -0.3 is 5.73 Å². The van der Waals surface area contributed by atoms with Crippen molar-refractivity contribution >= 4 is 11.6 Å². The first-order valence-corrected chi connectivity index (χ1v) is 6.20. The number of aryl methyl sites for hydroxylation is 1. The third-order valence-electron chi connectivity index (χ3n) is 2.95. The van der Waals surface area contributed by atoms with Crippen LogP contribution in [0.2, 0.25) is 5.02 Å². The lowest BCUT2D eigenvalue weighted by atomic mass is 9.99. The predicted octanol–water partition coefficient (Wildman–Crippen LogP) is 4.03. The molecule has 0 heterocycles. The Morgan fingerprint density at radius 2 is 1.83 bits per heavy atom. The third kappa shape index (κ3) is 3.09. The molecule has 2 aromatic carbocycles. The highest BCUT2D eigenvalue weighted by Gasteiger charge is 2.09. The summed E-state index contributed by atoms with van der Waals surface area (Å²) < 4.78 is 13.1. The van der Waals surface area contributed by atoms with E-state index >= 15 is 0 Å². The number of nitrogens with two attached hydrogens (primary N) is 1. The van der Waals surface area contributed by atoms with Crippen molar-refractivity contribution in [3.63, 3.8) is 0 Å². The molecule has 3 heteroatoms. The second kappa shape index (κ2) is 5.51. The minimum Gasteiger partial charge on any atom is -0.324 e. The van der Waals surface area contributed by atoms with Crippen LogP contribution in [0, 0.1) is 12.7 Å². The van der Waals surface area contributed by atoms with Crippen LogP contribution in [0.25, 0.3) is 0 Å². The molecule has 0 saturated heterocycles. The van der Waals surface area contributed by atoms with Crippen molar-refractivity contribution in [1.29, 1.82) is 0 Å². The van der Waals surface area contributed by atoms with Crippen LogP contribution in [0.4, 0.5) is 4.39 Å². The van der Waals surface area contributed by atoms with Crippen molar-refractivity contribution in [3.8, 4) is 0 Å². The molecule has 0 aliphatic rings. The zero-order valence-electron chi connectivity index (χ0n) is 10.2. The van der Waals surface area contributed by atoms with Gasteiger partial charge in [0.25, 0.3) is 0 Å². The summed E-state index contributed by atoms with van der Waals surface area (Å²) >= 11 is 5.75. The van der Waals surface area contributed by atoms with E-state index in [1.54, 1.807) is 12.1 Å². The maximum atomic E-state index is 13.1. The van der Waals surface area contributed by atoms with Crippen LogP contribution in [-0.2, 0) is 6.42 Å². The molecule has 0 aliphatic heterocycles. The summed E-state index contributed by atoms with van der Waals surface area (Å²) in [5.74, 6) is -0.414. The van der Waals surface area contributed by atoms with Crippen LogP contribution < -0.4 is 5.73 Å². The first-order chi connectivity index (χ1) is 8.56. The highest BCUT2D eigenvalue weighted by atomic mass is 35.5. The van der Waals surface area contributed by atoms with Gasteiger partial charge in [0.15, 0.2) is 0 Å². The van der Waals surface area contributed by atoms with E-state index < -0.39 is 5.82 Å². The van der Waals surface area contributed by atoms with E-state index in [-0.39, 0.29) is 11.1 Å². The van der Waals surface area contributed by atoms with Gasteiger partial charge in [-0.05, 0) is 36.6 Å². The zero-order valence-corrected chi connectivity index (χ0v) is 10.9. The van der Waals surface area contributed by atoms with Gasteiger partial charge in [0.05, 0.1) is 5.02 Å². The van der Waals surface area contributed by atoms with Gasteiger partial charge in [0, 0.05) is 6.04 Å². The van der Waals surface area contributed by atoms with Gasteiger partial charge >= 0.3 is 0 Å². The first kappa shape index (κ1) is 13.1. The van der Waals surface area contributed by atoms with Crippen molar-refractivity contribution in [3.05, 3.63) is 70.0 Å². The van der Waals surface area contributed by atoms with E-state index in [0.717, 1.165) is 11.1 Å². The minimum atomic E-state index is -0.414. The summed E-state index contributed by atoms with van der Waals surface area (Å²) in [5, 5.41) is 0.117. The fourth-order valence-corrected chi connectivity index (χ4v) is 2.03. The molecule has 0 radical (unpaired) electrons. The smallest absolute Gasteiger partial charge is 0.141 e. The summed E-state index contributed by atoms with van der Waals surface area (Å²) in [7, 11) is 0. The molecule has 2 aromatic rings. The fourth-order valence-electron chi connectivity index (χ4n) is 1.84. The Labute approximate surface area is 111 Å². The van der Waals surface area contributed by atoms with E-state index in [1.807, 2.05) is 6.92 Å². The number of hydrogen-bond donors (Lipinski definition) is 1. The molecular weight excluding hydrogens is 249 g/mol.